The molecule has 0 saturated carbocycles. The lowest BCUT2D eigenvalue weighted by molar-refractivity contribution is -0.137. The monoisotopic (exact) mass is 241 g/mol. The molecular weight excluding hydrogens is 226 g/mol. The summed E-state index contributed by atoms with van der Waals surface area (Å²) >= 11 is 0. The molecule has 0 saturated heterocycles. The van der Waals surface area contributed by atoms with Gasteiger partial charge in [-0.3, -0.25) is 9.78 Å². The van der Waals surface area contributed by atoms with Crippen LogP contribution in [0.2, 0.25) is 0 Å². The summed E-state index contributed by atoms with van der Waals surface area (Å²) in [5, 5.41) is 0. The predicted octanol–water partition coefficient (Wildman–Crippen LogP) is 3.31. The molecular formula is C15H15NO2. The molecule has 0 fully saturated rings. The number of ether oxygens (including phenoxy) is 1. The highest BCUT2D eigenvalue weighted by Crippen LogP contribution is 2.29. The maximum absolute atomic E-state index is 11.6. The number of benzene rings is 1. The van der Waals surface area contributed by atoms with Crippen LogP contribution in [0.1, 0.15) is 13.8 Å². The van der Waals surface area contributed by atoms with Gasteiger partial charge in [0.1, 0.15) is 0 Å². The maximum Gasteiger partial charge on any atom is 0.313 e. The third-order valence-corrected chi connectivity index (χ3v) is 2.55. The van der Waals surface area contributed by atoms with Gasteiger partial charge in [-0.15, -0.1) is 0 Å². The van der Waals surface area contributed by atoms with Crippen LogP contribution in [-0.4, -0.2) is 11.0 Å². The molecule has 0 aliphatic rings. The lowest BCUT2D eigenvalue weighted by atomic mass is 10.1. The van der Waals surface area contributed by atoms with Gasteiger partial charge in [0.25, 0.3) is 0 Å². The Kier molecular flexibility index (Phi) is 3.72. The number of aromatic nitrogens is 1. The first-order chi connectivity index (χ1) is 8.68. The summed E-state index contributed by atoms with van der Waals surface area (Å²) in [4.78, 5) is 15.7. The van der Waals surface area contributed by atoms with Gasteiger partial charge in [0.15, 0.2) is 5.75 Å². The third kappa shape index (κ3) is 2.74. The molecule has 1 aromatic carbocycles. The second-order valence-electron chi connectivity index (χ2n) is 4.31. The van der Waals surface area contributed by atoms with E-state index in [4.69, 9.17) is 4.74 Å². The zero-order valence-corrected chi connectivity index (χ0v) is 10.5. The van der Waals surface area contributed by atoms with Gasteiger partial charge in [-0.2, -0.15) is 0 Å². The van der Waals surface area contributed by atoms with E-state index >= 15 is 0 Å². The predicted molar refractivity (Wildman–Crippen MR) is 70.1 cm³/mol. The van der Waals surface area contributed by atoms with Crippen molar-refractivity contribution in [2.24, 2.45) is 5.92 Å². The highest BCUT2D eigenvalue weighted by molar-refractivity contribution is 5.78. The fourth-order valence-electron chi connectivity index (χ4n) is 1.54. The number of hydrogen-bond acceptors (Lipinski definition) is 3. The lowest BCUT2D eigenvalue weighted by Gasteiger charge is -2.10. The van der Waals surface area contributed by atoms with E-state index in [0.717, 1.165) is 11.1 Å². The summed E-state index contributed by atoms with van der Waals surface area (Å²) in [6.07, 6.45) is 3.26. The Hall–Kier alpha value is -2.16. The molecule has 0 N–H and O–H groups in total. The van der Waals surface area contributed by atoms with Crippen LogP contribution < -0.4 is 4.74 Å². The van der Waals surface area contributed by atoms with Crippen molar-refractivity contribution in [1.82, 2.24) is 4.98 Å². The van der Waals surface area contributed by atoms with E-state index in [1.807, 2.05) is 36.4 Å². The van der Waals surface area contributed by atoms with Crippen LogP contribution in [0.15, 0.2) is 48.8 Å². The number of carbonyl (C=O) groups excluding carboxylic acids is 1. The Bertz CT molecular complexity index is 535. The molecule has 2 aromatic rings. The van der Waals surface area contributed by atoms with Gasteiger partial charge in [0.2, 0.25) is 0 Å². The Morgan fingerprint density at radius 2 is 1.89 bits per heavy atom. The SMILES string of the molecule is CC(C)C(=O)Oc1cnccc1-c1ccccc1. The molecule has 18 heavy (non-hydrogen) atoms. The van der Waals surface area contributed by atoms with Crippen LogP contribution in [0.3, 0.4) is 0 Å². The molecule has 0 spiro atoms. The third-order valence-electron chi connectivity index (χ3n) is 2.55. The summed E-state index contributed by atoms with van der Waals surface area (Å²) in [6, 6.07) is 11.6. The van der Waals surface area contributed by atoms with Gasteiger partial charge >= 0.3 is 5.97 Å². The van der Waals surface area contributed by atoms with Crippen LogP contribution in [0.25, 0.3) is 11.1 Å². The average Bonchev–Trinajstić information content (AvgIpc) is 2.40. The van der Waals surface area contributed by atoms with Gasteiger partial charge in [0, 0.05) is 11.8 Å². The number of hydrogen-bond donors (Lipinski definition) is 0. The van der Waals surface area contributed by atoms with Crippen LogP contribution >= 0.6 is 0 Å². The number of nitrogens with zero attached hydrogens (tertiary/aromatic N) is 1. The first kappa shape index (κ1) is 12.3. The molecule has 0 bridgehead atoms. The van der Waals surface area contributed by atoms with Crippen molar-refractivity contribution in [1.29, 1.82) is 0 Å². The zero-order valence-electron chi connectivity index (χ0n) is 10.5. The quantitative estimate of drug-likeness (QED) is 0.774. The van der Waals surface area contributed by atoms with E-state index in [0.29, 0.717) is 5.75 Å². The van der Waals surface area contributed by atoms with Crippen LogP contribution in [-0.2, 0) is 4.79 Å². The number of esters is 1. The molecule has 0 unspecified atom stereocenters. The van der Waals surface area contributed by atoms with Crippen molar-refractivity contribution in [3.05, 3.63) is 48.8 Å². The largest absolute Gasteiger partial charge is 0.424 e. The van der Waals surface area contributed by atoms with Gasteiger partial charge in [-0.05, 0) is 11.6 Å². The van der Waals surface area contributed by atoms with Gasteiger partial charge in [-0.1, -0.05) is 44.2 Å². The highest BCUT2D eigenvalue weighted by Gasteiger charge is 2.13. The lowest BCUT2D eigenvalue weighted by Crippen LogP contribution is -2.15. The molecule has 1 aromatic heterocycles. The van der Waals surface area contributed by atoms with Gasteiger partial charge in [-0.25, -0.2) is 0 Å². The van der Waals surface area contributed by atoms with Crippen molar-refractivity contribution in [3.63, 3.8) is 0 Å². The van der Waals surface area contributed by atoms with Gasteiger partial charge < -0.3 is 4.74 Å². The Morgan fingerprint density at radius 3 is 2.56 bits per heavy atom. The Labute approximate surface area is 106 Å². The fourth-order valence-corrected chi connectivity index (χ4v) is 1.54. The summed E-state index contributed by atoms with van der Waals surface area (Å²) in [5.41, 5.74) is 1.88. The smallest absolute Gasteiger partial charge is 0.313 e. The van der Waals surface area contributed by atoms with Crippen LogP contribution in [0.5, 0.6) is 5.75 Å². The molecule has 0 aliphatic heterocycles. The number of pyridine rings is 1. The summed E-state index contributed by atoms with van der Waals surface area (Å²) in [5.74, 6) is 0.0939. The molecule has 0 radical (unpaired) electrons. The minimum atomic E-state index is -0.250. The van der Waals surface area contributed by atoms with E-state index in [9.17, 15) is 4.79 Å². The molecule has 92 valence electrons. The normalized spacial score (nSPS) is 10.4. The van der Waals surface area contributed by atoms with Crippen molar-refractivity contribution >= 4 is 5.97 Å². The first-order valence-electron chi connectivity index (χ1n) is 5.89. The van der Waals surface area contributed by atoms with Crippen molar-refractivity contribution in [2.75, 3.05) is 0 Å². The average molecular weight is 241 g/mol. The molecule has 1 heterocycles. The molecule has 3 heteroatoms. The first-order valence-corrected chi connectivity index (χ1v) is 5.89. The summed E-state index contributed by atoms with van der Waals surface area (Å²) in [7, 11) is 0. The molecule has 3 nitrogen and oxygen atoms in total. The number of carbonyl (C=O) groups is 1. The van der Waals surface area contributed by atoms with Crippen molar-refractivity contribution in [3.8, 4) is 16.9 Å². The zero-order chi connectivity index (χ0) is 13.0. The van der Waals surface area contributed by atoms with Gasteiger partial charge in [0.05, 0.1) is 12.1 Å². The van der Waals surface area contributed by atoms with E-state index in [1.165, 1.54) is 0 Å². The van der Waals surface area contributed by atoms with E-state index < -0.39 is 0 Å². The van der Waals surface area contributed by atoms with Crippen LogP contribution in [0, 0.1) is 5.92 Å². The van der Waals surface area contributed by atoms with Crippen molar-refractivity contribution < 1.29 is 9.53 Å². The summed E-state index contributed by atoms with van der Waals surface area (Å²) < 4.78 is 5.36. The number of rotatable bonds is 3. The molecule has 0 aliphatic carbocycles. The second-order valence-corrected chi connectivity index (χ2v) is 4.31. The molecule has 0 amide bonds. The van der Waals surface area contributed by atoms with E-state index in [1.54, 1.807) is 26.2 Å². The Balaban J connectivity index is 2.35. The maximum atomic E-state index is 11.6. The topological polar surface area (TPSA) is 39.2 Å². The molecule has 0 atom stereocenters. The standard InChI is InChI=1S/C15H15NO2/c1-11(2)15(17)18-14-10-16-9-8-13(14)12-6-4-3-5-7-12/h3-11H,1-2H3. The summed E-state index contributed by atoms with van der Waals surface area (Å²) in [6.45, 7) is 3.61. The Morgan fingerprint density at radius 1 is 1.17 bits per heavy atom. The minimum absolute atomic E-state index is 0.158. The van der Waals surface area contributed by atoms with E-state index in [2.05, 4.69) is 4.98 Å². The van der Waals surface area contributed by atoms with Crippen molar-refractivity contribution in [2.45, 2.75) is 13.8 Å². The molecule has 2 rings (SSSR count). The van der Waals surface area contributed by atoms with Crippen LogP contribution in [0.4, 0.5) is 0 Å². The van der Waals surface area contributed by atoms with E-state index in [-0.39, 0.29) is 11.9 Å². The minimum Gasteiger partial charge on any atom is -0.424 e. The second kappa shape index (κ2) is 5.45. The fraction of sp³-hybridized carbons (Fsp3) is 0.200. The highest BCUT2D eigenvalue weighted by atomic mass is 16.5.